The van der Waals surface area contributed by atoms with Crippen molar-refractivity contribution in [2.75, 3.05) is 6.54 Å². The Hall–Kier alpha value is -1.46. The van der Waals surface area contributed by atoms with E-state index in [1.54, 1.807) is 6.07 Å². The molecule has 1 aromatic heterocycles. The molecule has 0 aliphatic rings. The van der Waals surface area contributed by atoms with Crippen LogP contribution < -0.4 is 11.3 Å². The van der Waals surface area contributed by atoms with Crippen LogP contribution in [0.15, 0.2) is 18.2 Å². The van der Waals surface area contributed by atoms with Gasteiger partial charge in [-0.15, -0.1) is 0 Å². The summed E-state index contributed by atoms with van der Waals surface area (Å²) in [6.07, 6.45) is 1.10. The lowest BCUT2D eigenvalue weighted by molar-refractivity contribution is 0.0948. The molecule has 0 radical (unpaired) electrons. The van der Waals surface area contributed by atoms with Crippen molar-refractivity contribution >= 4 is 5.91 Å². The molecule has 0 aliphatic carbocycles. The molecule has 100 valence electrons. The van der Waals surface area contributed by atoms with Crippen molar-refractivity contribution in [3.8, 4) is 0 Å². The Morgan fingerprint density at radius 3 is 2.78 bits per heavy atom. The van der Waals surface area contributed by atoms with E-state index in [4.69, 9.17) is 5.84 Å². The van der Waals surface area contributed by atoms with Gasteiger partial charge in [0.1, 0.15) is 5.69 Å². The number of nitrogen functional groups attached to an aromatic ring is 1. The van der Waals surface area contributed by atoms with Crippen molar-refractivity contribution in [3.05, 3.63) is 29.6 Å². The number of nitrogens with one attached hydrogen (secondary N) is 1. The van der Waals surface area contributed by atoms with E-state index >= 15 is 0 Å². The van der Waals surface area contributed by atoms with E-state index < -0.39 is 0 Å². The normalized spacial score (nSPS) is 11.0. The van der Waals surface area contributed by atoms with Crippen LogP contribution in [0.3, 0.4) is 0 Å². The zero-order chi connectivity index (χ0) is 13.5. The van der Waals surface area contributed by atoms with E-state index in [-0.39, 0.29) is 5.91 Å². The van der Waals surface area contributed by atoms with Gasteiger partial charge < -0.3 is 0 Å². The summed E-state index contributed by atoms with van der Waals surface area (Å²) in [4.78, 5) is 18.0. The highest BCUT2D eigenvalue weighted by Crippen LogP contribution is 2.08. The molecule has 0 aliphatic heterocycles. The number of nitrogens with two attached hydrogens (primary N) is 1. The first-order valence-electron chi connectivity index (χ1n) is 6.29. The molecule has 1 heterocycles. The minimum atomic E-state index is -0.358. The van der Waals surface area contributed by atoms with Gasteiger partial charge in [0, 0.05) is 12.6 Å². The Bertz CT molecular complexity index is 392. The number of hydrogen-bond donors (Lipinski definition) is 2. The standard InChI is InChI=1S/C13H22N4O/c1-4-8-17(10(2)3)9-11-6-5-7-12(15-11)13(18)16-14/h5-7,10H,4,8-9,14H2,1-3H3,(H,16,18). The first kappa shape index (κ1) is 14.6. The van der Waals surface area contributed by atoms with Crippen molar-refractivity contribution in [1.82, 2.24) is 15.3 Å². The van der Waals surface area contributed by atoms with E-state index in [2.05, 4.69) is 36.1 Å². The molecule has 0 spiro atoms. The predicted molar refractivity (Wildman–Crippen MR) is 71.7 cm³/mol. The fourth-order valence-corrected chi connectivity index (χ4v) is 1.78. The Kier molecular flexibility index (Phi) is 5.74. The Morgan fingerprint density at radius 1 is 1.50 bits per heavy atom. The minimum Gasteiger partial charge on any atom is -0.295 e. The van der Waals surface area contributed by atoms with Gasteiger partial charge in [-0.2, -0.15) is 0 Å². The highest BCUT2D eigenvalue weighted by atomic mass is 16.2. The monoisotopic (exact) mass is 250 g/mol. The lowest BCUT2D eigenvalue weighted by atomic mass is 10.2. The third-order valence-corrected chi connectivity index (χ3v) is 2.78. The topological polar surface area (TPSA) is 71.2 Å². The third kappa shape index (κ3) is 4.09. The maximum Gasteiger partial charge on any atom is 0.283 e. The van der Waals surface area contributed by atoms with Crippen molar-refractivity contribution in [2.24, 2.45) is 5.84 Å². The van der Waals surface area contributed by atoms with E-state index in [1.807, 2.05) is 12.1 Å². The number of carbonyl (C=O) groups is 1. The van der Waals surface area contributed by atoms with Gasteiger partial charge in [-0.25, -0.2) is 10.8 Å². The lowest BCUT2D eigenvalue weighted by Gasteiger charge is -2.25. The van der Waals surface area contributed by atoms with Crippen molar-refractivity contribution in [2.45, 2.75) is 39.8 Å². The summed E-state index contributed by atoms with van der Waals surface area (Å²) in [6, 6.07) is 5.87. The summed E-state index contributed by atoms with van der Waals surface area (Å²) in [6.45, 7) is 8.24. The van der Waals surface area contributed by atoms with Gasteiger partial charge >= 0.3 is 0 Å². The molecule has 1 amide bonds. The summed E-state index contributed by atoms with van der Waals surface area (Å²) < 4.78 is 0. The highest BCUT2D eigenvalue weighted by molar-refractivity contribution is 5.91. The fraction of sp³-hybridized carbons (Fsp3) is 0.538. The first-order valence-corrected chi connectivity index (χ1v) is 6.29. The quantitative estimate of drug-likeness (QED) is 0.453. The Labute approximate surface area is 108 Å². The Morgan fingerprint density at radius 2 is 2.22 bits per heavy atom. The van der Waals surface area contributed by atoms with E-state index in [0.717, 1.165) is 25.2 Å². The summed E-state index contributed by atoms with van der Waals surface area (Å²) >= 11 is 0. The number of hydrogen-bond acceptors (Lipinski definition) is 4. The Balaban J connectivity index is 2.80. The van der Waals surface area contributed by atoms with Crippen LogP contribution in [-0.4, -0.2) is 28.4 Å². The number of pyridine rings is 1. The number of amides is 1. The van der Waals surface area contributed by atoms with Gasteiger partial charge in [-0.05, 0) is 38.9 Å². The molecule has 1 aromatic rings. The van der Waals surface area contributed by atoms with Crippen LogP contribution in [0.2, 0.25) is 0 Å². The third-order valence-electron chi connectivity index (χ3n) is 2.78. The highest BCUT2D eigenvalue weighted by Gasteiger charge is 2.11. The average molecular weight is 250 g/mol. The summed E-state index contributed by atoms with van der Waals surface area (Å²) in [5.74, 6) is 4.74. The summed E-state index contributed by atoms with van der Waals surface area (Å²) in [5, 5.41) is 0. The van der Waals surface area contributed by atoms with Crippen LogP contribution in [0, 0.1) is 0 Å². The van der Waals surface area contributed by atoms with Crippen molar-refractivity contribution in [3.63, 3.8) is 0 Å². The molecule has 1 rings (SSSR count). The zero-order valence-electron chi connectivity index (χ0n) is 11.3. The molecule has 0 unspecified atom stereocenters. The fourth-order valence-electron chi connectivity index (χ4n) is 1.78. The molecule has 0 saturated carbocycles. The van der Waals surface area contributed by atoms with E-state index in [9.17, 15) is 4.79 Å². The lowest BCUT2D eigenvalue weighted by Crippen LogP contribution is -2.33. The van der Waals surface area contributed by atoms with Crippen LogP contribution in [0.25, 0.3) is 0 Å². The number of hydrazine groups is 1. The molecule has 0 bridgehead atoms. The summed E-state index contributed by atoms with van der Waals surface area (Å²) in [7, 11) is 0. The smallest absolute Gasteiger partial charge is 0.283 e. The number of carbonyl (C=O) groups excluding carboxylic acids is 1. The van der Waals surface area contributed by atoms with Gasteiger partial charge in [-0.1, -0.05) is 13.0 Å². The molecular formula is C13H22N4O. The zero-order valence-corrected chi connectivity index (χ0v) is 11.3. The van der Waals surface area contributed by atoms with Gasteiger partial charge in [0.2, 0.25) is 0 Å². The van der Waals surface area contributed by atoms with Crippen LogP contribution in [-0.2, 0) is 6.54 Å². The molecule has 5 nitrogen and oxygen atoms in total. The molecule has 3 N–H and O–H groups in total. The molecule has 0 saturated heterocycles. The van der Waals surface area contributed by atoms with Crippen molar-refractivity contribution in [1.29, 1.82) is 0 Å². The molecule has 0 fully saturated rings. The van der Waals surface area contributed by atoms with Crippen LogP contribution >= 0.6 is 0 Å². The van der Waals surface area contributed by atoms with Gasteiger partial charge in [0.15, 0.2) is 0 Å². The molecule has 0 aromatic carbocycles. The number of rotatable bonds is 6. The first-order chi connectivity index (χ1) is 8.58. The van der Waals surface area contributed by atoms with E-state index in [1.165, 1.54) is 0 Å². The maximum absolute atomic E-state index is 11.4. The van der Waals surface area contributed by atoms with Gasteiger partial charge in [-0.3, -0.25) is 15.1 Å². The van der Waals surface area contributed by atoms with Gasteiger partial charge in [0.25, 0.3) is 5.91 Å². The second-order valence-corrected chi connectivity index (χ2v) is 4.55. The number of aromatic nitrogens is 1. The average Bonchev–Trinajstić information content (AvgIpc) is 2.37. The van der Waals surface area contributed by atoms with Crippen LogP contribution in [0.5, 0.6) is 0 Å². The van der Waals surface area contributed by atoms with E-state index in [0.29, 0.717) is 11.7 Å². The molecular weight excluding hydrogens is 228 g/mol. The van der Waals surface area contributed by atoms with Crippen LogP contribution in [0.4, 0.5) is 0 Å². The maximum atomic E-state index is 11.4. The van der Waals surface area contributed by atoms with Crippen LogP contribution in [0.1, 0.15) is 43.4 Å². The van der Waals surface area contributed by atoms with Gasteiger partial charge in [0.05, 0.1) is 5.69 Å². The minimum absolute atomic E-state index is 0.357. The molecule has 0 atom stereocenters. The van der Waals surface area contributed by atoms with Crippen molar-refractivity contribution < 1.29 is 4.79 Å². The SMILES string of the molecule is CCCN(Cc1cccc(C(=O)NN)n1)C(C)C. The molecule has 18 heavy (non-hydrogen) atoms. The number of nitrogens with zero attached hydrogens (tertiary/aromatic N) is 2. The largest absolute Gasteiger partial charge is 0.295 e. The predicted octanol–water partition coefficient (Wildman–Crippen LogP) is 1.31. The summed E-state index contributed by atoms with van der Waals surface area (Å²) in [5.41, 5.74) is 3.34. The second kappa shape index (κ2) is 7.08. The molecule has 5 heteroatoms. The second-order valence-electron chi connectivity index (χ2n) is 4.55.